The number of para-hydroxylation sites is 3. The number of carbonyl (C=O) groups excluding carboxylic acids is 1. The van der Waals surface area contributed by atoms with Crippen LogP contribution >= 0.6 is 0 Å². The lowest BCUT2D eigenvalue weighted by atomic mass is 10.1. The van der Waals surface area contributed by atoms with Crippen LogP contribution in [0.1, 0.15) is 6.92 Å². The minimum absolute atomic E-state index is 0.0784. The SMILES string of the molecule is CCOc1ccccc1N1CCN(CC(=O)N(c2ccccc2)c2ccc3ccccc3c2)CC1. The second kappa shape index (κ2) is 10.6. The molecule has 178 valence electrons. The molecule has 0 spiro atoms. The highest BCUT2D eigenvalue weighted by atomic mass is 16.5. The zero-order chi connectivity index (χ0) is 24.0. The van der Waals surface area contributed by atoms with E-state index >= 15 is 0 Å². The van der Waals surface area contributed by atoms with Crippen molar-refractivity contribution in [3.63, 3.8) is 0 Å². The molecule has 5 heteroatoms. The van der Waals surface area contributed by atoms with Gasteiger partial charge in [-0.3, -0.25) is 14.6 Å². The maximum absolute atomic E-state index is 13.7. The van der Waals surface area contributed by atoms with Crippen molar-refractivity contribution in [1.82, 2.24) is 4.90 Å². The molecule has 0 N–H and O–H groups in total. The highest BCUT2D eigenvalue weighted by Gasteiger charge is 2.25. The maximum atomic E-state index is 13.7. The van der Waals surface area contributed by atoms with Gasteiger partial charge in [-0.05, 0) is 54.1 Å². The molecular formula is C30H31N3O2. The number of hydrogen-bond donors (Lipinski definition) is 0. The minimum Gasteiger partial charge on any atom is -0.492 e. The zero-order valence-electron chi connectivity index (χ0n) is 20.1. The molecule has 1 aliphatic heterocycles. The fourth-order valence-electron chi connectivity index (χ4n) is 4.73. The number of piperazine rings is 1. The van der Waals surface area contributed by atoms with E-state index < -0.39 is 0 Å². The normalized spacial score (nSPS) is 14.1. The average Bonchev–Trinajstić information content (AvgIpc) is 2.90. The van der Waals surface area contributed by atoms with E-state index in [0.29, 0.717) is 13.2 Å². The van der Waals surface area contributed by atoms with Gasteiger partial charge in [-0.15, -0.1) is 0 Å². The highest BCUT2D eigenvalue weighted by Crippen LogP contribution is 2.30. The van der Waals surface area contributed by atoms with Crippen LogP contribution in [-0.2, 0) is 4.79 Å². The second-order valence-corrected chi connectivity index (χ2v) is 8.76. The van der Waals surface area contributed by atoms with Gasteiger partial charge in [-0.1, -0.05) is 60.7 Å². The largest absolute Gasteiger partial charge is 0.492 e. The van der Waals surface area contributed by atoms with Crippen molar-refractivity contribution in [2.45, 2.75) is 6.92 Å². The first-order valence-corrected chi connectivity index (χ1v) is 12.3. The number of anilines is 3. The summed E-state index contributed by atoms with van der Waals surface area (Å²) >= 11 is 0. The molecule has 1 saturated heterocycles. The Morgan fingerprint density at radius 2 is 1.46 bits per heavy atom. The fraction of sp³-hybridized carbons (Fsp3) is 0.233. The van der Waals surface area contributed by atoms with Crippen LogP contribution in [0.25, 0.3) is 10.8 Å². The molecule has 4 aromatic rings. The first kappa shape index (κ1) is 22.9. The molecule has 1 aliphatic rings. The van der Waals surface area contributed by atoms with Crippen LogP contribution in [0.15, 0.2) is 97.1 Å². The van der Waals surface area contributed by atoms with Crippen molar-refractivity contribution in [3.05, 3.63) is 97.1 Å². The van der Waals surface area contributed by atoms with E-state index in [2.05, 4.69) is 46.2 Å². The van der Waals surface area contributed by atoms with Crippen molar-refractivity contribution in [1.29, 1.82) is 0 Å². The van der Waals surface area contributed by atoms with E-state index in [4.69, 9.17) is 4.74 Å². The second-order valence-electron chi connectivity index (χ2n) is 8.76. The standard InChI is InChI=1S/C30H31N3O2/c1-2-35-29-15-9-8-14-28(29)32-20-18-31(19-21-32)23-30(34)33(26-12-4-3-5-13-26)27-17-16-24-10-6-7-11-25(24)22-27/h3-17,22H,2,18-21,23H2,1H3. The van der Waals surface area contributed by atoms with Gasteiger partial charge in [0.15, 0.2) is 0 Å². The number of nitrogens with zero attached hydrogens (tertiary/aromatic N) is 3. The van der Waals surface area contributed by atoms with Crippen molar-refractivity contribution in [2.75, 3.05) is 49.1 Å². The first-order chi connectivity index (χ1) is 17.2. The highest BCUT2D eigenvalue weighted by molar-refractivity contribution is 6.03. The Balaban J connectivity index is 1.32. The lowest BCUT2D eigenvalue weighted by Gasteiger charge is -2.37. The molecule has 0 radical (unpaired) electrons. The molecule has 5 nitrogen and oxygen atoms in total. The Labute approximate surface area is 207 Å². The quantitative estimate of drug-likeness (QED) is 0.349. The van der Waals surface area contributed by atoms with E-state index in [1.165, 1.54) is 5.39 Å². The molecule has 0 aliphatic carbocycles. The molecule has 0 aromatic heterocycles. The van der Waals surface area contributed by atoms with Gasteiger partial charge in [0.25, 0.3) is 0 Å². The van der Waals surface area contributed by atoms with Crippen molar-refractivity contribution in [2.24, 2.45) is 0 Å². The lowest BCUT2D eigenvalue weighted by Crippen LogP contribution is -2.49. The van der Waals surface area contributed by atoms with Gasteiger partial charge >= 0.3 is 0 Å². The van der Waals surface area contributed by atoms with E-state index in [1.54, 1.807) is 0 Å². The summed E-state index contributed by atoms with van der Waals surface area (Å²) in [5.74, 6) is 1.00. The van der Waals surface area contributed by atoms with E-state index in [1.807, 2.05) is 72.5 Å². The van der Waals surface area contributed by atoms with Crippen LogP contribution in [0.4, 0.5) is 17.1 Å². The molecule has 0 bridgehead atoms. The molecule has 0 unspecified atom stereocenters. The van der Waals surface area contributed by atoms with Gasteiger partial charge in [-0.2, -0.15) is 0 Å². The Morgan fingerprint density at radius 1 is 0.771 bits per heavy atom. The van der Waals surface area contributed by atoms with Crippen molar-refractivity contribution < 1.29 is 9.53 Å². The molecule has 35 heavy (non-hydrogen) atoms. The number of carbonyl (C=O) groups is 1. The summed E-state index contributed by atoms with van der Waals surface area (Å²) in [5.41, 5.74) is 2.91. The van der Waals surface area contributed by atoms with Gasteiger partial charge < -0.3 is 9.64 Å². The third kappa shape index (κ3) is 5.15. The lowest BCUT2D eigenvalue weighted by molar-refractivity contribution is -0.119. The number of fused-ring (bicyclic) bond motifs is 1. The fourth-order valence-corrected chi connectivity index (χ4v) is 4.73. The van der Waals surface area contributed by atoms with Crippen LogP contribution in [0, 0.1) is 0 Å². The van der Waals surface area contributed by atoms with E-state index in [9.17, 15) is 4.79 Å². The van der Waals surface area contributed by atoms with Crippen LogP contribution in [0.5, 0.6) is 5.75 Å². The Bertz CT molecular complexity index is 1280. The maximum Gasteiger partial charge on any atom is 0.245 e. The molecule has 4 aromatic carbocycles. The summed E-state index contributed by atoms with van der Waals surface area (Å²) in [6.07, 6.45) is 0. The monoisotopic (exact) mass is 465 g/mol. The van der Waals surface area contributed by atoms with Crippen LogP contribution in [0.2, 0.25) is 0 Å². The van der Waals surface area contributed by atoms with Gasteiger partial charge in [0.05, 0.1) is 18.8 Å². The molecule has 0 saturated carbocycles. The molecular weight excluding hydrogens is 434 g/mol. The summed E-state index contributed by atoms with van der Waals surface area (Å²) in [6.45, 7) is 6.41. The third-order valence-electron chi connectivity index (χ3n) is 6.49. The predicted molar refractivity (Wildman–Crippen MR) is 144 cm³/mol. The number of amides is 1. The number of benzene rings is 4. The first-order valence-electron chi connectivity index (χ1n) is 12.3. The Hall–Kier alpha value is -3.83. The van der Waals surface area contributed by atoms with E-state index in [0.717, 1.165) is 54.4 Å². The Kier molecular flexibility index (Phi) is 6.96. The van der Waals surface area contributed by atoms with Gasteiger partial charge in [0.2, 0.25) is 5.91 Å². The summed E-state index contributed by atoms with van der Waals surface area (Å²) in [6, 6.07) is 32.6. The van der Waals surface area contributed by atoms with Crippen molar-refractivity contribution >= 4 is 33.7 Å². The third-order valence-corrected chi connectivity index (χ3v) is 6.49. The van der Waals surface area contributed by atoms with Gasteiger partial charge in [0, 0.05) is 37.6 Å². The van der Waals surface area contributed by atoms with E-state index in [-0.39, 0.29) is 5.91 Å². The topological polar surface area (TPSA) is 36.0 Å². The molecule has 1 amide bonds. The zero-order valence-corrected chi connectivity index (χ0v) is 20.1. The molecule has 5 rings (SSSR count). The number of hydrogen-bond acceptors (Lipinski definition) is 4. The summed E-state index contributed by atoms with van der Waals surface area (Å²) < 4.78 is 5.83. The Morgan fingerprint density at radius 3 is 2.23 bits per heavy atom. The predicted octanol–water partition coefficient (Wildman–Crippen LogP) is 5.73. The summed E-state index contributed by atoms with van der Waals surface area (Å²) in [5, 5.41) is 2.29. The summed E-state index contributed by atoms with van der Waals surface area (Å²) in [4.78, 5) is 20.1. The van der Waals surface area contributed by atoms with Crippen LogP contribution < -0.4 is 14.5 Å². The molecule has 1 heterocycles. The van der Waals surface area contributed by atoms with Crippen molar-refractivity contribution in [3.8, 4) is 5.75 Å². The minimum atomic E-state index is 0.0784. The van der Waals surface area contributed by atoms with Crippen LogP contribution in [0.3, 0.4) is 0 Å². The van der Waals surface area contributed by atoms with Gasteiger partial charge in [-0.25, -0.2) is 0 Å². The number of ether oxygens (including phenoxy) is 1. The smallest absolute Gasteiger partial charge is 0.245 e. The van der Waals surface area contributed by atoms with Crippen LogP contribution in [-0.4, -0.2) is 50.1 Å². The molecule has 1 fully saturated rings. The molecule has 0 atom stereocenters. The number of rotatable bonds is 7. The van der Waals surface area contributed by atoms with Gasteiger partial charge in [0.1, 0.15) is 5.75 Å². The summed E-state index contributed by atoms with van der Waals surface area (Å²) in [7, 11) is 0. The average molecular weight is 466 g/mol.